The highest BCUT2D eigenvalue weighted by atomic mass is 16.5. The Hall–Kier alpha value is -2.54. The summed E-state index contributed by atoms with van der Waals surface area (Å²) in [6.07, 6.45) is 4.07. The van der Waals surface area contributed by atoms with Crippen LogP contribution in [-0.2, 0) is 0 Å². The summed E-state index contributed by atoms with van der Waals surface area (Å²) < 4.78 is 5.75. The molecule has 4 aliphatic rings. The van der Waals surface area contributed by atoms with Crippen LogP contribution in [0.2, 0.25) is 0 Å². The van der Waals surface area contributed by atoms with Crippen molar-refractivity contribution in [3.8, 4) is 5.75 Å². The Morgan fingerprint density at radius 3 is 2.19 bits per heavy atom. The molecule has 2 aromatic carbocycles. The standard InChI is InChI=1S/C25H31N5O/c1-2-3-13-31-23-11-9-21(10-12-23)14-26-27-24(22-7-5-4-6-8-22)25-15-28-18-29(16-25)20-30(17-25)19-28/h4-12,14H,2-3,13,15-20H2,1H3/b26-14-,27-24-. The fraction of sp³-hybridized carbons (Fsp3) is 0.440. The first-order valence-corrected chi connectivity index (χ1v) is 11.3. The number of hydrogen-bond donors (Lipinski definition) is 0. The lowest BCUT2D eigenvalue weighted by Gasteiger charge is -2.60. The Morgan fingerprint density at radius 2 is 1.58 bits per heavy atom. The van der Waals surface area contributed by atoms with Crippen LogP contribution < -0.4 is 4.74 Å². The van der Waals surface area contributed by atoms with Gasteiger partial charge in [-0.15, -0.1) is 0 Å². The number of nitrogens with zero attached hydrogens (tertiary/aromatic N) is 5. The maximum Gasteiger partial charge on any atom is 0.119 e. The Labute approximate surface area is 184 Å². The topological polar surface area (TPSA) is 43.7 Å². The zero-order valence-corrected chi connectivity index (χ0v) is 18.3. The summed E-state index contributed by atoms with van der Waals surface area (Å²) >= 11 is 0. The smallest absolute Gasteiger partial charge is 0.119 e. The maximum atomic E-state index is 5.75. The molecule has 4 bridgehead atoms. The van der Waals surface area contributed by atoms with E-state index in [4.69, 9.17) is 9.84 Å². The van der Waals surface area contributed by atoms with Crippen molar-refractivity contribution in [2.45, 2.75) is 19.8 Å². The van der Waals surface area contributed by atoms with Crippen molar-refractivity contribution in [1.29, 1.82) is 0 Å². The largest absolute Gasteiger partial charge is 0.494 e. The predicted octanol–water partition coefficient (Wildman–Crippen LogP) is 3.49. The van der Waals surface area contributed by atoms with Crippen LogP contribution in [0.4, 0.5) is 0 Å². The molecule has 2 aromatic rings. The fourth-order valence-corrected chi connectivity index (χ4v) is 5.15. The zero-order valence-electron chi connectivity index (χ0n) is 18.3. The highest BCUT2D eigenvalue weighted by Crippen LogP contribution is 2.38. The summed E-state index contributed by atoms with van der Waals surface area (Å²) in [5, 5.41) is 9.38. The van der Waals surface area contributed by atoms with Crippen LogP contribution in [0.5, 0.6) is 5.75 Å². The number of unbranched alkanes of at least 4 members (excludes halogenated alkanes) is 1. The van der Waals surface area contributed by atoms with E-state index >= 15 is 0 Å². The Kier molecular flexibility index (Phi) is 5.85. The van der Waals surface area contributed by atoms with E-state index in [2.05, 4.69) is 57.1 Å². The maximum absolute atomic E-state index is 5.75. The highest BCUT2D eigenvalue weighted by Gasteiger charge is 2.51. The monoisotopic (exact) mass is 417 g/mol. The van der Waals surface area contributed by atoms with E-state index in [0.29, 0.717) is 0 Å². The molecular weight excluding hydrogens is 386 g/mol. The average molecular weight is 418 g/mol. The van der Waals surface area contributed by atoms with E-state index in [-0.39, 0.29) is 5.41 Å². The quantitative estimate of drug-likeness (QED) is 0.375. The minimum Gasteiger partial charge on any atom is -0.494 e. The number of ether oxygens (including phenoxy) is 1. The van der Waals surface area contributed by atoms with Crippen molar-refractivity contribution >= 4 is 11.9 Å². The predicted molar refractivity (Wildman–Crippen MR) is 125 cm³/mol. The Morgan fingerprint density at radius 1 is 0.935 bits per heavy atom. The second kappa shape index (κ2) is 8.91. The summed E-state index contributed by atoms with van der Waals surface area (Å²) in [7, 11) is 0. The third-order valence-electron chi connectivity index (χ3n) is 6.34. The van der Waals surface area contributed by atoms with Crippen molar-refractivity contribution < 1.29 is 4.74 Å². The van der Waals surface area contributed by atoms with Gasteiger partial charge in [0.05, 0.1) is 44.0 Å². The third kappa shape index (κ3) is 4.42. The van der Waals surface area contributed by atoms with Crippen LogP contribution in [0.25, 0.3) is 0 Å². The molecule has 31 heavy (non-hydrogen) atoms. The first kappa shape index (κ1) is 20.4. The molecule has 0 unspecified atom stereocenters. The molecule has 6 heteroatoms. The van der Waals surface area contributed by atoms with Crippen LogP contribution >= 0.6 is 0 Å². The molecule has 0 radical (unpaired) electrons. The van der Waals surface area contributed by atoms with Gasteiger partial charge in [-0.1, -0.05) is 43.7 Å². The van der Waals surface area contributed by atoms with Crippen molar-refractivity contribution in [3.05, 3.63) is 65.7 Å². The summed E-state index contributed by atoms with van der Waals surface area (Å²) in [6.45, 7) is 9.28. The van der Waals surface area contributed by atoms with Gasteiger partial charge in [-0.2, -0.15) is 10.2 Å². The average Bonchev–Trinajstić information content (AvgIpc) is 2.77. The van der Waals surface area contributed by atoms with Crippen LogP contribution in [0.3, 0.4) is 0 Å². The number of benzene rings is 2. The van der Waals surface area contributed by atoms with Crippen LogP contribution in [0.15, 0.2) is 64.8 Å². The molecule has 6 nitrogen and oxygen atoms in total. The Balaban J connectivity index is 1.38. The van der Waals surface area contributed by atoms with Gasteiger partial charge in [-0.05, 0) is 41.8 Å². The lowest BCUT2D eigenvalue weighted by atomic mass is 9.74. The fourth-order valence-electron chi connectivity index (χ4n) is 5.15. The van der Waals surface area contributed by atoms with Crippen molar-refractivity contribution in [2.75, 3.05) is 46.2 Å². The molecule has 4 heterocycles. The molecule has 0 saturated carbocycles. The lowest BCUT2D eigenvalue weighted by Crippen LogP contribution is -2.74. The number of rotatable bonds is 8. The van der Waals surface area contributed by atoms with Gasteiger partial charge >= 0.3 is 0 Å². The van der Waals surface area contributed by atoms with Gasteiger partial charge < -0.3 is 4.74 Å². The molecule has 0 atom stereocenters. The normalized spacial score (nSPS) is 29.6. The van der Waals surface area contributed by atoms with Gasteiger partial charge in [0.1, 0.15) is 5.75 Å². The minimum absolute atomic E-state index is 0.00438. The molecule has 4 saturated heterocycles. The van der Waals surface area contributed by atoms with Gasteiger partial charge in [0.2, 0.25) is 0 Å². The van der Waals surface area contributed by atoms with Crippen LogP contribution in [0, 0.1) is 5.41 Å². The molecule has 0 N–H and O–H groups in total. The lowest BCUT2D eigenvalue weighted by molar-refractivity contribution is -0.149. The summed E-state index contributed by atoms with van der Waals surface area (Å²) in [5.74, 6) is 0.907. The number of hydrogen-bond acceptors (Lipinski definition) is 6. The van der Waals surface area contributed by atoms with E-state index in [1.807, 2.05) is 30.5 Å². The molecule has 4 fully saturated rings. The molecule has 0 aliphatic carbocycles. The first-order valence-electron chi connectivity index (χ1n) is 11.3. The first-order chi connectivity index (χ1) is 15.2. The molecular formula is C25H31N5O. The molecule has 0 aromatic heterocycles. The SMILES string of the molecule is CCCCOc1ccc(/C=N\N=C(\c2ccccc2)C23CN4CN(CN(C4)C2)C3)cc1. The molecule has 0 amide bonds. The van der Waals surface area contributed by atoms with E-state index in [0.717, 1.165) is 76.1 Å². The van der Waals surface area contributed by atoms with Gasteiger partial charge in [0.25, 0.3) is 0 Å². The molecule has 162 valence electrons. The molecule has 4 aliphatic heterocycles. The minimum atomic E-state index is 0.00438. The summed E-state index contributed by atoms with van der Waals surface area (Å²) in [6, 6.07) is 18.7. The third-order valence-corrected chi connectivity index (χ3v) is 6.34. The highest BCUT2D eigenvalue weighted by molar-refractivity contribution is 6.05. The molecule has 0 spiro atoms. The van der Waals surface area contributed by atoms with Gasteiger partial charge in [0.15, 0.2) is 0 Å². The molecule has 6 rings (SSSR count). The van der Waals surface area contributed by atoms with Crippen molar-refractivity contribution in [1.82, 2.24) is 14.7 Å². The van der Waals surface area contributed by atoms with Gasteiger partial charge in [0, 0.05) is 19.6 Å². The summed E-state index contributed by atoms with van der Waals surface area (Å²) in [4.78, 5) is 7.57. The van der Waals surface area contributed by atoms with E-state index in [1.165, 1.54) is 5.56 Å². The second-order valence-electron chi connectivity index (χ2n) is 9.02. The Bertz CT molecular complexity index is 903. The van der Waals surface area contributed by atoms with Crippen LogP contribution in [-0.4, -0.2) is 72.9 Å². The van der Waals surface area contributed by atoms with E-state index < -0.39 is 0 Å². The van der Waals surface area contributed by atoms with Crippen LogP contribution in [0.1, 0.15) is 30.9 Å². The van der Waals surface area contributed by atoms with E-state index in [9.17, 15) is 0 Å². The van der Waals surface area contributed by atoms with Gasteiger partial charge in [-0.3, -0.25) is 14.7 Å². The van der Waals surface area contributed by atoms with E-state index in [1.54, 1.807) is 0 Å². The van der Waals surface area contributed by atoms with Crippen molar-refractivity contribution in [3.63, 3.8) is 0 Å². The second-order valence-corrected chi connectivity index (χ2v) is 9.02. The summed E-state index contributed by atoms with van der Waals surface area (Å²) in [5.41, 5.74) is 3.30. The van der Waals surface area contributed by atoms with Crippen molar-refractivity contribution in [2.24, 2.45) is 15.6 Å². The zero-order chi connectivity index (χ0) is 21.1. The van der Waals surface area contributed by atoms with Gasteiger partial charge in [-0.25, -0.2) is 0 Å².